The summed E-state index contributed by atoms with van der Waals surface area (Å²) in [6, 6.07) is 7.52. The van der Waals surface area contributed by atoms with E-state index in [0.29, 0.717) is 35.7 Å². The van der Waals surface area contributed by atoms with Crippen molar-refractivity contribution in [3.8, 4) is 0 Å². The van der Waals surface area contributed by atoms with Crippen LogP contribution in [0.4, 0.5) is 8.78 Å². The highest BCUT2D eigenvalue weighted by Gasteiger charge is 2.36. The van der Waals surface area contributed by atoms with Crippen LogP contribution in [0.25, 0.3) is 0 Å². The van der Waals surface area contributed by atoms with Crippen LogP contribution in [0.3, 0.4) is 0 Å². The van der Waals surface area contributed by atoms with Gasteiger partial charge in [0.15, 0.2) is 0 Å². The van der Waals surface area contributed by atoms with Gasteiger partial charge in [-0.3, -0.25) is 9.59 Å². The molecule has 0 heterocycles. The van der Waals surface area contributed by atoms with E-state index in [1.54, 1.807) is 17.0 Å². The first-order valence-corrected chi connectivity index (χ1v) is 15.1. The molecule has 1 fully saturated rings. The number of aryl methyl sites for hydroxylation is 1. The number of rotatable bonds is 12. The zero-order chi connectivity index (χ0) is 30.3. The highest BCUT2D eigenvalue weighted by atomic mass is 19.1. The number of amides is 2. The molecule has 1 aliphatic carbocycles. The number of aliphatic hydroxyl groups is 1. The van der Waals surface area contributed by atoms with Crippen LogP contribution in [-0.2, 0) is 6.42 Å². The molecular formula is C33H47F2N3O3. The second kappa shape index (κ2) is 14.9. The van der Waals surface area contributed by atoms with Gasteiger partial charge in [-0.1, -0.05) is 40.5 Å². The number of benzene rings is 2. The van der Waals surface area contributed by atoms with Crippen molar-refractivity contribution < 1.29 is 23.5 Å². The second-order valence-electron chi connectivity index (χ2n) is 11.9. The summed E-state index contributed by atoms with van der Waals surface area (Å²) >= 11 is 0. The molecule has 0 bridgehead atoms. The van der Waals surface area contributed by atoms with E-state index in [9.17, 15) is 23.5 Å². The third-order valence-electron chi connectivity index (χ3n) is 8.44. The highest BCUT2D eigenvalue weighted by Crippen LogP contribution is 2.34. The topological polar surface area (TPSA) is 86.9 Å². The predicted octanol–water partition coefficient (Wildman–Crippen LogP) is 5.73. The molecule has 0 radical (unpaired) electrons. The molecule has 1 saturated carbocycles. The molecule has 3 unspecified atom stereocenters. The maximum atomic E-state index is 14.2. The number of hydrogen-bond donors (Lipinski definition) is 2. The van der Waals surface area contributed by atoms with Crippen LogP contribution in [0.15, 0.2) is 36.4 Å². The van der Waals surface area contributed by atoms with Crippen molar-refractivity contribution in [3.05, 3.63) is 70.3 Å². The lowest BCUT2D eigenvalue weighted by atomic mass is 9.77. The molecule has 3 rings (SSSR count). The first kappa shape index (κ1) is 32.7. The van der Waals surface area contributed by atoms with Gasteiger partial charge in [-0.25, -0.2) is 8.78 Å². The van der Waals surface area contributed by atoms with E-state index in [0.717, 1.165) is 43.7 Å². The van der Waals surface area contributed by atoms with Crippen LogP contribution in [0.5, 0.6) is 0 Å². The summed E-state index contributed by atoms with van der Waals surface area (Å²) in [6.45, 7) is 11.5. The lowest BCUT2D eigenvalue weighted by Gasteiger charge is -2.43. The molecule has 0 aliphatic heterocycles. The smallest absolute Gasteiger partial charge is 0.254 e. The first-order chi connectivity index (χ1) is 19.4. The number of aliphatic hydroxyl groups excluding tert-OH is 1. The number of carbonyl (C=O) groups excluding carboxylic acids is 2. The van der Waals surface area contributed by atoms with Gasteiger partial charge < -0.3 is 20.6 Å². The molecule has 0 spiro atoms. The minimum absolute atomic E-state index is 0.0193. The third-order valence-corrected chi connectivity index (χ3v) is 8.44. The van der Waals surface area contributed by atoms with Crippen molar-refractivity contribution in [1.29, 1.82) is 0 Å². The van der Waals surface area contributed by atoms with Crippen LogP contribution in [0.2, 0.25) is 0 Å². The molecule has 2 amide bonds. The summed E-state index contributed by atoms with van der Waals surface area (Å²) in [5.41, 5.74) is 8.36. The monoisotopic (exact) mass is 571 g/mol. The Morgan fingerprint density at radius 2 is 1.54 bits per heavy atom. The Labute approximate surface area is 243 Å². The minimum atomic E-state index is -1.12. The third kappa shape index (κ3) is 8.58. The van der Waals surface area contributed by atoms with E-state index in [4.69, 9.17) is 5.73 Å². The summed E-state index contributed by atoms with van der Waals surface area (Å²) < 4.78 is 27.5. The fourth-order valence-electron chi connectivity index (χ4n) is 6.07. The Kier molecular flexibility index (Phi) is 11.9. The summed E-state index contributed by atoms with van der Waals surface area (Å²) in [6.07, 6.45) is 3.45. The predicted molar refractivity (Wildman–Crippen MR) is 159 cm³/mol. The molecule has 2 aromatic rings. The Morgan fingerprint density at radius 3 is 2.12 bits per heavy atom. The Balaban J connectivity index is 1.91. The average Bonchev–Trinajstić information content (AvgIpc) is 2.91. The van der Waals surface area contributed by atoms with Crippen molar-refractivity contribution in [1.82, 2.24) is 9.80 Å². The zero-order valence-electron chi connectivity index (χ0n) is 25.2. The van der Waals surface area contributed by atoms with E-state index in [2.05, 4.69) is 13.8 Å². The van der Waals surface area contributed by atoms with Crippen molar-refractivity contribution >= 4 is 11.8 Å². The second-order valence-corrected chi connectivity index (χ2v) is 11.9. The summed E-state index contributed by atoms with van der Waals surface area (Å²) in [5.74, 6) is -1.16. The van der Waals surface area contributed by atoms with Crippen LogP contribution in [0.1, 0.15) is 91.6 Å². The van der Waals surface area contributed by atoms with Gasteiger partial charge in [0, 0.05) is 48.9 Å². The molecule has 6 nitrogen and oxygen atoms in total. The number of halogens is 2. The van der Waals surface area contributed by atoms with Gasteiger partial charge in [0.25, 0.3) is 11.8 Å². The summed E-state index contributed by atoms with van der Waals surface area (Å²) in [5, 5.41) is 11.2. The number of nitrogens with zero attached hydrogens (tertiary/aromatic N) is 2. The van der Waals surface area contributed by atoms with Crippen LogP contribution in [0, 0.1) is 30.4 Å². The number of carbonyl (C=O) groups is 2. The van der Waals surface area contributed by atoms with Crippen molar-refractivity contribution in [2.24, 2.45) is 17.6 Å². The van der Waals surface area contributed by atoms with Crippen molar-refractivity contribution in [2.45, 2.75) is 91.3 Å². The lowest BCUT2D eigenvalue weighted by Crippen LogP contribution is -2.53. The van der Waals surface area contributed by atoms with E-state index in [1.165, 1.54) is 12.1 Å². The van der Waals surface area contributed by atoms with Crippen LogP contribution < -0.4 is 5.73 Å². The highest BCUT2D eigenvalue weighted by molar-refractivity contribution is 6.00. The summed E-state index contributed by atoms with van der Waals surface area (Å²) in [7, 11) is 0. The fourth-order valence-corrected chi connectivity index (χ4v) is 6.07. The standard InChI is InChI=1S/C33H47F2N3O3/c1-6-11-37(12-7-2)32(40)25-13-21(3)14-26(18-25)33(41)38(30-10-8-9-22(4)23(30)5)20-31(39)29(36)17-24-15-27(34)19-28(35)16-24/h13-16,18-19,22-23,29-31,39H,6-12,17,20,36H2,1-5H3/t22?,23?,29-,30?,31+/m0/s1. The van der Waals surface area contributed by atoms with Crippen LogP contribution >= 0.6 is 0 Å². The van der Waals surface area contributed by atoms with E-state index >= 15 is 0 Å². The van der Waals surface area contributed by atoms with Gasteiger partial charge in [0.2, 0.25) is 0 Å². The molecule has 2 aromatic carbocycles. The molecule has 226 valence electrons. The molecular weight excluding hydrogens is 524 g/mol. The minimum Gasteiger partial charge on any atom is -0.390 e. The maximum Gasteiger partial charge on any atom is 0.254 e. The molecule has 41 heavy (non-hydrogen) atoms. The van der Waals surface area contributed by atoms with E-state index < -0.39 is 23.8 Å². The van der Waals surface area contributed by atoms with Gasteiger partial charge in [0.05, 0.1) is 6.10 Å². The van der Waals surface area contributed by atoms with Gasteiger partial charge in [-0.15, -0.1) is 0 Å². The van der Waals surface area contributed by atoms with Gasteiger partial charge >= 0.3 is 0 Å². The molecule has 5 atom stereocenters. The number of hydrogen-bond acceptors (Lipinski definition) is 4. The molecule has 8 heteroatoms. The molecule has 0 aromatic heterocycles. The quantitative estimate of drug-likeness (QED) is 0.341. The summed E-state index contributed by atoms with van der Waals surface area (Å²) in [4.78, 5) is 31.1. The normalized spacial score (nSPS) is 20.4. The van der Waals surface area contributed by atoms with Gasteiger partial charge in [-0.2, -0.15) is 0 Å². The lowest BCUT2D eigenvalue weighted by molar-refractivity contribution is 0.0230. The number of nitrogens with two attached hydrogens (primary N) is 1. The van der Waals surface area contributed by atoms with Crippen molar-refractivity contribution in [2.75, 3.05) is 19.6 Å². The van der Waals surface area contributed by atoms with Gasteiger partial charge in [-0.05, 0) is 85.9 Å². The molecule has 3 N–H and O–H groups in total. The molecule has 1 aliphatic rings. The zero-order valence-corrected chi connectivity index (χ0v) is 25.2. The first-order valence-electron chi connectivity index (χ1n) is 15.1. The Hall–Kier alpha value is -2.84. The Morgan fingerprint density at radius 1 is 0.951 bits per heavy atom. The largest absolute Gasteiger partial charge is 0.390 e. The van der Waals surface area contributed by atoms with Crippen molar-refractivity contribution in [3.63, 3.8) is 0 Å². The van der Waals surface area contributed by atoms with E-state index in [1.807, 2.05) is 31.7 Å². The Bertz CT molecular complexity index is 1160. The average molecular weight is 572 g/mol. The van der Waals surface area contributed by atoms with Crippen LogP contribution in [-0.4, -0.2) is 64.5 Å². The fraction of sp³-hybridized carbons (Fsp3) is 0.576. The van der Waals surface area contributed by atoms with Gasteiger partial charge in [0.1, 0.15) is 11.6 Å². The molecule has 0 saturated heterocycles. The maximum absolute atomic E-state index is 14.2. The SMILES string of the molecule is CCCN(CCC)C(=O)c1cc(C)cc(C(=O)N(C[C@@H](O)[C@@H](N)Cc2cc(F)cc(F)c2)C2CCCC(C)C2C)c1. The van der Waals surface area contributed by atoms with E-state index in [-0.39, 0.29) is 36.7 Å².